The molecule has 0 aliphatic carbocycles. The molecule has 2 unspecified atom stereocenters. The highest BCUT2D eigenvalue weighted by molar-refractivity contribution is 6.30. The van der Waals surface area contributed by atoms with Crippen molar-refractivity contribution >= 4 is 17.6 Å². The van der Waals surface area contributed by atoms with Crippen LogP contribution >= 0.6 is 11.6 Å². The summed E-state index contributed by atoms with van der Waals surface area (Å²) in [6.45, 7) is 1.69. The fraction of sp³-hybridized carbons (Fsp3) is 0.400. The number of nitrogens with zero attached hydrogens (tertiary/aromatic N) is 1. The minimum absolute atomic E-state index is 0.0666. The van der Waals surface area contributed by atoms with Crippen LogP contribution in [-0.2, 0) is 4.79 Å². The first kappa shape index (κ1) is 12.9. The summed E-state index contributed by atoms with van der Waals surface area (Å²) in [6, 6.07) is 1.62. The average molecular weight is 246 g/mol. The van der Waals surface area contributed by atoms with E-state index in [9.17, 15) is 15.0 Å². The molecule has 0 radical (unpaired) electrons. The molecule has 5 nitrogen and oxygen atoms in total. The molecule has 0 amide bonds. The highest BCUT2D eigenvalue weighted by atomic mass is 35.5. The molecule has 0 bridgehead atoms. The first-order valence-electron chi connectivity index (χ1n) is 4.62. The van der Waals surface area contributed by atoms with Crippen LogP contribution in [0.15, 0.2) is 12.3 Å². The van der Waals surface area contributed by atoms with E-state index in [0.29, 0.717) is 5.56 Å². The Labute approximate surface area is 97.3 Å². The van der Waals surface area contributed by atoms with Crippen molar-refractivity contribution in [1.29, 1.82) is 0 Å². The van der Waals surface area contributed by atoms with Crippen LogP contribution in [0.2, 0.25) is 5.15 Å². The highest BCUT2D eigenvalue weighted by Gasteiger charge is 2.25. The number of hydrogen-bond donors (Lipinski definition) is 3. The zero-order valence-electron chi connectivity index (χ0n) is 8.59. The summed E-state index contributed by atoms with van der Waals surface area (Å²) in [5, 5.41) is 27.8. The maximum Gasteiger partial charge on any atom is 0.306 e. The van der Waals surface area contributed by atoms with Gasteiger partial charge in [0.15, 0.2) is 0 Å². The van der Waals surface area contributed by atoms with Gasteiger partial charge in [-0.25, -0.2) is 4.98 Å². The Morgan fingerprint density at radius 3 is 2.69 bits per heavy atom. The van der Waals surface area contributed by atoms with Crippen molar-refractivity contribution in [1.82, 2.24) is 4.98 Å². The van der Waals surface area contributed by atoms with E-state index in [1.54, 1.807) is 13.0 Å². The first-order valence-corrected chi connectivity index (χ1v) is 5.00. The molecule has 88 valence electrons. The number of aliphatic carboxylic acids is 1. The van der Waals surface area contributed by atoms with E-state index >= 15 is 0 Å². The molecule has 6 heteroatoms. The smallest absolute Gasteiger partial charge is 0.306 e. The van der Waals surface area contributed by atoms with Gasteiger partial charge in [0.05, 0.1) is 12.5 Å². The van der Waals surface area contributed by atoms with Gasteiger partial charge in [-0.05, 0) is 18.6 Å². The minimum Gasteiger partial charge on any atom is -0.481 e. The average Bonchev–Trinajstić information content (AvgIpc) is 2.16. The van der Waals surface area contributed by atoms with Gasteiger partial charge in [0, 0.05) is 11.8 Å². The lowest BCUT2D eigenvalue weighted by Gasteiger charge is -2.18. The normalized spacial score (nSPS) is 14.5. The van der Waals surface area contributed by atoms with Crippen LogP contribution in [0.4, 0.5) is 0 Å². The van der Waals surface area contributed by atoms with E-state index in [1.165, 1.54) is 6.20 Å². The summed E-state index contributed by atoms with van der Waals surface area (Å²) in [4.78, 5) is 14.2. The van der Waals surface area contributed by atoms with E-state index in [2.05, 4.69) is 4.98 Å². The standard InChI is InChI=1S/C10H12ClNO4/c1-5-2-3-12-10(11)8(5)9(16)6(13)4-7(14)15/h2-3,6,9,13,16H,4H2,1H3,(H,14,15). The largest absolute Gasteiger partial charge is 0.481 e. The van der Waals surface area contributed by atoms with Gasteiger partial charge in [-0.3, -0.25) is 4.79 Å². The van der Waals surface area contributed by atoms with E-state index in [4.69, 9.17) is 16.7 Å². The van der Waals surface area contributed by atoms with Gasteiger partial charge in [0.25, 0.3) is 0 Å². The van der Waals surface area contributed by atoms with Crippen molar-refractivity contribution in [3.63, 3.8) is 0 Å². The van der Waals surface area contributed by atoms with E-state index in [0.717, 1.165) is 0 Å². The van der Waals surface area contributed by atoms with Crippen molar-refractivity contribution in [2.75, 3.05) is 0 Å². The second-order valence-electron chi connectivity index (χ2n) is 3.44. The fourth-order valence-electron chi connectivity index (χ4n) is 1.37. The third-order valence-corrected chi connectivity index (χ3v) is 2.50. The molecule has 3 N–H and O–H groups in total. The molecular formula is C10H12ClNO4. The van der Waals surface area contributed by atoms with Gasteiger partial charge in [0.1, 0.15) is 11.3 Å². The van der Waals surface area contributed by atoms with Crippen LogP contribution in [0, 0.1) is 6.92 Å². The van der Waals surface area contributed by atoms with Crippen molar-refractivity contribution in [3.8, 4) is 0 Å². The van der Waals surface area contributed by atoms with Crippen LogP contribution in [-0.4, -0.2) is 32.4 Å². The number of aliphatic hydroxyl groups excluding tert-OH is 2. The summed E-state index contributed by atoms with van der Waals surface area (Å²) in [6.07, 6.45) is -1.83. The molecule has 0 saturated carbocycles. The summed E-state index contributed by atoms with van der Waals surface area (Å²) in [5.41, 5.74) is 0.912. The van der Waals surface area contributed by atoms with Crippen LogP contribution in [0.1, 0.15) is 23.7 Å². The maximum atomic E-state index is 10.4. The van der Waals surface area contributed by atoms with Crippen LogP contribution < -0.4 is 0 Å². The van der Waals surface area contributed by atoms with E-state index in [-0.39, 0.29) is 10.7 Å². The van der Waals surface area contributed by atoms with Crippen LogP contribution in [0.3, 0.4) is 0 Å². The number of pyridine rings is 1. The van der Waals surface area contributed by atoms with Gasteiger partial charge in [-0.1, -0.05) is 11.6 Å². The zero-order valence-corrected chi connectivity index (χ0v) is 9.35. The van der Waals surface area contributed by atoms with Gasteiger partial charge in [0.2, 0.25) is 0 Å². The predicted octanol–water partition coefficient (Wildman–Crippen LogP) is 0.912. The number of carbonyl (C=O) groups is 1. The van der Waals surface area contributed by atoms with Crippen LogP contribution in [0.5, 0.6) is 0 Å². The number of aliphatic hydroxyl groups is 2. The van der Waals surface area contributed by atoms with Gasteiger partial charge >= 0.3 is 5.97 Å². The summed E-state index contributed by atoms with van der Waals surface area (Å²) in [7, 11) is 0. The Bertz CT molecular complexity index is 376. The molecule has 0 aliphatic rings. The third-order valence-electron chi connectivity index (χ3n) is 2.20. The lowest BCUT2D eigenvalue weighted by molar-refractivity contribution is -0.141. The molecule has 0 spiro atoms. The summed E-state index contributed by atoms with van der Waals surface area (Å²) >= 11 is 5.78. The highest BCUT2D eigenvalue weighted by Crippen LogP contribution is 2.27. The van der Waals surface area contributed by atoms with Gasteiger partial charge < -0.3 is 15.3 Å². The number of hydrogen-bond acceptors (Lipinski definition) is 4. The molecule has 16 heavy (non-hydrogen) atoms. The Balaban J connectivity index is 2.95. The predicted molar refractivity (Wildman–Crippen MR) is 57.2 cm³/mol. The molecule has 0 saturated heterocycles. The molecule has 0 fully saturated rings. The lowest BCUT2D eigenvalue weighted by Crippen LogP contribution is -2.22. The number of aromatic nitrogens is 1. The number of halogens is 1. The Kier molecular flexibility index (Phi) is 4.23. The second kappa shape index (κ2) is 5.25. The molecule has 2 atom stereocenters. The van der Waals surface area contributed by atoms with Gasteiger partial charge in [-0.15, -0.1) is 0 Å². The van der Waals surface area contributed by atoms with E-state index in [1.807, 2.05) is 0 Å². The Morgan fingerprint density at radius 2 is 2.19 bits per heavy atom. The summed E-state index contributed by atoms with van der Waals surface area (Å²) in [5.74, 6) is -1.19. The van der Waals surface area contributed by atoms with Crippen molar-refractivity contribution in [2.24, 2.45) is 0 Å². The zero-order chi connectivity index (χ0) is 12.3. The quantitative estimate of drug-likeness (QED) is 0.686. The van der Waals surface area contributed by atoms with Crippen molar-refractivity contribution < 1.29 is 20.1 Å². The number of rotatable bonds is 4. The fourth-order valence-corrected chi connectivity index (χ4v) is 1.69. The Hall–Kier alpha value is -1.17. The molecule has 0 aromatic carbocycles. The molecule has 1 heterocycles. The topological polar surface area (TPSA) is 90.7 Å². The number of aryl methyl sites for hydroxylation is 1. The molecule has 1 aromatic rings. The van der Waals surface area contributed by atoms with Crippen molar-refractivity contribution in [2.45, 2.75) is 25.6 Å². The van der Waals surface area contributed by atoms with Crippen LogP contribution in [0.25, 0.3) is 0 Å². The number of carboxylic acid groups (broad SMARTS) is 1. The van der Waals surface area contributed by atoms with Gasteiger partial charge in [-0.2, -0.15) is 0 Å². The second-order valence-corrected chi connectivity index (χ2v) is 3.80. The number of carboxylic acids is 1. The first-order chi connectivity index (χ1) is 7.43. The molecule has 1 aromatic heterocycles. The van der Waals surface area contributed by atoms with E-state index < -0.39 is 24.6 Å². The SMILES string of the molecule is Cc1ccnc(Cl)c1C(O)C(O)CC(=O)O. The molecule has 1 rings (SSSR count). The lowest BCUT2D eigenvalue weighted by atomic mass is 10.00. The molecule has 0 aliphatic heterocycles. The third kappa shape index (κ3) is 2.91. The maximum absolute atomic E-state index is 10.4. The monoisotopic (exact) mass is 245 g/mol. The minimum atomic E-state index is -1.40. The molecular weight excluding hydrogens is 234 g/mol. The summed E-state index contributed by atoms with van der Waals surface area (Å²) < 4.78 is 0. The Morgan fingerprint density at radius 1 is 1.56 bits per heavy atom. The van der Waals surface area contributed by atoms with Crippen molar-refractivity contribution in [3.05, 3.63) is 28.5 Å².